The van der Waals surface area contributed by atoms with Gasteiger partial charge in [-0.1, -0.05) is 0 Å². The third-order valence-corrected chi connectivity index (χ3v) is 3.58. The molecule has 1 heterocycles. The van der Waals surface area contributed by atoms with Crippen LogP contribution in [0.3, 0.4) is 0 Å². The van der Waals surface area contributed by atoms with E-state index in [9.17, 15) is 0 Å². The maximum atomic E-state index is 4.25. The molecule has 0 amide bonds. The second-order valence-corrected chi connectivity index (χ2v) is 5.31. The van der Waals surface area contributed by atoms with Crippen molar-refractivity contribution in [2.24, 2.45) is 0 Å². The van der Waals surface area contributed by atoms with Gasteiger partial charge in [-0.05, 0) is 53.4 Å². The van der Waals surface area contributed by atoms with Gasteiger partial charge in [0, 0.05) is 11.4 Å². The average Bonchev–Trinajstić information content (AvgIpc) is 2.62. The summed E-state index contributed by atoms with van der Waals surface area (Å²) in [5.74, 6) is 0. The first-order valence-electron chi connectivity index (χ1n) is 5.94. The summed E-state index contributed by atoms with van der Waals surface area (Å²) in [4.78, 5) is 7.90. The Morgan fingerprint density at radius 1 is 1.31 bits per heavy atom. The van der Waals surface area contributed by atoms with Crippen LogP contribution in [0.15, 0.2) is 5.51 Å². The second-order valence-electron chi connectivity index (χ2n) is 4.37. The Kier molecular flexibility index (Phi) is 6.61. The summed E-state index contributed by atoms with van der Waals surface area (Å²) in [6.07, 6.45) is 3.66. The first-order chi connectivity index (χ1) is 7.70. The van der Waals surface area contributed by atoms with Gasteiger partial charge >= 0.3 is 0 Å². The third-order valence-electron chi connectivity index (χ3n) is 2.58. The fourth-order valence-corrected chi connectivity index (χ4v) is 2.35. The van der Waals surface area contributed by atoms with Crippen LogP contribution in [0.5, 0.6) is 0 Å². The molecule has 1 N–H and O–H groups in total. The van der Waals surface area contributed by atoms with E-state index in [1.54, 1.807) is 11.3 Å². The van der Waals surface area contributed by atoms with Gasteiger partial charge in [-0.15, -0.1) is 11.3 Å². The Hall–Kier alpha value is -0.450. The molecule has 0 radical (unpaired) electrons. The first-order valence-corrected chi connectivity index (χ1v) is 6.82. The van der Waals surface area contributed by atoms with Crippen LogP contribution in [0.2, 0.25) is 0 Å². The number of aromatic nitrogens is 1. The van der Waals surface area contributed by atoms with E-state index in [1.165, 1.54) is 30.0 Å². The van der Waals surface area contributed by atoms with Gasteiger partial charge in [-0.3, -0.25) is 0 Å². The molecule has 0 saturated carbocycles. The minimum atomic E-state index is 1.07. The number of nitrogens with one attached hydrogen (secondary N) is 1. The van der Waals surface area contributed by atoms with Gasteiger partial charge < -0.3 is 10.2 Å². The number of rotatable bonds is 8. The smallest absolute Gasteiger partial charge is 0.0797 e. The zero-order valence-electron chi connectivity index (χ0n) is 10.6. The molecule has 4 heteroatoms. The van der Waals surface area contributed by atoms with Crippen LogP contribution in [-0.2, 0) is 6.42 Å². The Bertz CT molecular complexity index is 284. The average molecular weight is 241 g/mol. The molecule has 0 aliphatic rings. The van der Waals surface area contributed by atoms with E-state index in [1.807, 2.05) is 5.51 Å². The van der Waals surface area contributed by atoms with Gasteiger partial charge in [0.1, 0.15) is 0 Å². The number of nitrogens with zero attached hydrogens (tertiary/aromatic N) is 2. The van der Waals surface area contributed by atoms with Crippen molar-refractivity contribution >= 4 is 11.3 Å². The highest BCUT2D eigenvalue weighted by atomic mass is 32.1. The maximum Gasteiger partial charge on any atom is 0.0797 e. The molecular weight excluding hydrogens is 218 g/mol. The summed E-state index contributed by atoms with van der Waals surface area (Å²) in [7, 11) is 4.25. The van der Waals surface area contributed by atoms with Crippen LogP contribution in [0.25, 0.3) is 0 Å². The van der Waals surface area contributed by atoms with Crippen LogP contribution in [0, 0.1) is 6.92 Å². The zero-order valence-corrected chi connectivity index (χ0v) is 11.4. The fourth-order valence-electron chi connectivity index (χ4n) is 1.57. The quantitative estimate of drug-likeness (QED) is 0.705. The molecule has 3 nitrogen and oxygen atoms in total. The van der Waals surface area contributed by atoms with E-state index < -0.39 is 0 Å². The molecule has 0 saturated heterocycles. The van der Waals surface area contributed by atoms with E-state index in [0.717, 1.165) is 19.5 Å². The molecule has 92 valence electrons. The van der Waals surface area contributed by atoms with Crippen molar-refractivity contribution in [1.29, 1.82) is 0 Å². The number of aryl methyl sites for hydroxylation is 1. The second kappa shape index (κ2) is 7.76. The van der Waals surface area contributed by atoms with Gasteiger partial charge in [0.2, 0.25) is 0 Å². The lowest BCUT2D eigenvalue weighted by molar-refractivity contribution is 0.392. The highest BCUT2D eigenvalue weighted by Crippen LogP contribution is 2.11. The molecule has 0 spiro atoms. The van der Waals surface area contributed by atoms with Gasteiger partial charge in [0.15, 0.2) is 0 Å². The lowest BCUT2D eigenvalue weighted by Crippen LogP contribution is -2.20. The van der Waals surface area contributed by atoms with Crippen molar-refractivity contribution < 1.29 is 0 Å². The molecule has 0 unspecified atom stereocenters. The van der Waals surface area contributed by atoms with Crippen molar-refractivity contribution in [3.8, 4) is 0 Å². The van der Waals surface area contributed by atoms with Crippen molar-refractivity contribution in [3.05, 3.63) is 16.1 Å². The number of unbranched alkanes of at least 4 members (excludes halogenated alkanes) is 1. The Morgan fingerprint density at radius 3 is 2.75 bits per heavy atom. The topological polar surface area (TPSA) is 28.2 Å². The van der Waals surface area contributed by atoms with Crippen molar-refractivity contribution in [1.82, 2.24) is 15.2 Å². The van der Waals surface area contributed by atoms with Gasteiger partial charge in [-0.2, -0.15) is 0 Å². The fraction of sp³-hybridized carbons (Fsp3) is 0.750. The highest BCUT2D eigenvalue weighted by Gasteiger charge is 1.99. The van der Waals surface area contributed by atoms with E-state index in [0.29, 0.717) is 0 Å². The Balaban J connectivity index is 1.94. The molecular formula is C12H23N3S. The monoisotopic (exact) mass is 241 g/mol. The SMILES string of the molecule is Cc1ncsc1CCNCCCCN(C)C. The van der Waals surface area contributed by atoms with Crippen LogP contribution < -0.4 is 5.32 Å². The van der Waals surface area contributed by atoms with Gasteiger partial charge in [-0.25, -0.2) is 4.98 Å². The summed E-state index contributed by atoms with van der Waals surface area (Å²) in [5, 5.41) is 3.48. The molecule has 0 aliphatic carbocycles. The molecule has 0 bridgehead atoms. The minimum Gasteiger partial charge on any atom is -0.316 e. The molecule has 1 aromatic rings. The Labute approximate surface area is 103 Å². The molecule has 0 atom stereocenters. The zero-order chi connectivity index (χ0) is 11.8. The van der Waals surface area contributed by atoms with Crippen molar-refractivity contribution in [2.45, 2.75) is 26.2 Å². The molecule has 0 aromatic carbocycles. The molecule has 0 aliphatic heterocycles. The van der Waals surface area contributed by atoms with Crippen LogP contribution in [-0.4, -0.2) is 43.6 Å². The molecule has 1 rings (SSSR count). The van der Waals surface area contributed by atoms with Crippen LogP contribution in [0.1, 0.15) is 23.4 Å². The Morgan fingerprint density at radius 2 is 2.12 bits per heavy atom. The van der Waals surface area contributed by atoms with E-state index in [4.69, 9.17) is 0 Å². The lowest BCUT2D eigenvalue weighted by atomic mass is 10.2. The van der Waals surface area contributed by atoms with E-state index >= 15 is 0 Å². The summed E-state index contributed by atoms with van der Waals surface area (Å²) >= 11 is 1.76. The minimum absolute atomic E-state index is 1.07. The number of hydrogen-bond donors (Lipinski definition) is 1. The van der Waals surface area contributed by atoms with Crippen LogP contribution >= 0.6 is 11.3 Å². The summed E-state index contributed by atoms with van der Waals surface area (Å²) in [5.41, 5.74) is 3.13. The van der Waals surface area contributed by atoms with Gasteiger partial charge in [0.05, 0.1) is 11.2 Å². The predicted octanol–water partition coefficient (Wildman–Crippen LogP) is 1.93. The number of thiazole rings is 1. The van der Waals surface area contributed by atoms with Crippen molar-refractivity contribution in [3.63, 3.8) is 0 Å². The summed E-state index contributed by atoms with van der Waals surface area (Å²) in [6.45, 7) is 5.48. The summed E-state index contributed by atoms with van der Waals surface area (Å²) < 4.78 is 0. The standard InChI is InChI=1S/C12H23N3S/c1-11-12(16-10-14-11)6-8-13-7-4-5-9-15(2)3/h10,13H,4-9H2,1-3H3. The molecule has 16 heavy (non-hydrogen) atoms. The van der Waals surface area contributed by atoms with E-state index in [-0.39, 0.29) is 0 Å². The van der Waals surface area contributed by atoms with Gasteiger partial charge in [0.25, 0.3) is 0 Å². The largest absolute Gasteiger partial charge is 0.316 e. The normalized spacial score (nSPS) is 11.2. The predicted molar refractivity (Wildman–Crippen MR) is 71.2 cm³/mol. The number of hydrogen-bond acceptors (Lipinski definition) is 4. The van der Waals surface area contributed by atoms with E-state index in [2.05, 4.69) is 36.2 Å². The van der Waals surface area contributed by atoms with Crippen LogP contribution in [0.4, 0.5) is 0 Å². The molecule has 0 fully saturated rings. The third kappa shape index (κ3) is 5.58. The maximum absolute atomic E-state index is 4.25. The van der Waals surface area contributed by atoms with Crippen molar-refractivity contribution in [2.75, 3.05) is 33.7 Å². The molecule has 1 aromatic heterocycles. The highest BCUT2D eigenvalue weighted by molar-refractivity contribution is 7.09. The first kappa shape index (κ1) is 13.6. The summed E-state index contributed by atoms with van der Waals surface area (Å²) in [6, 6.07) is 0. The lowest BCUT2D eigenvalue weighted by Gasteiger charge is -2.09.